The first kappa shape index (κ1) is 13.9. The van der Waals surface area contributed by atoms with E-state index in [1.165, 1.54) is 29.5 Å². The van der Waals surface area contributed by atoms with Crippen LogP contribution in [0.1, 0.15) is 54.1 Å². The molecule has 0 bridgehead atoms. The van der Waals surface area contributed by atoms with Crippen LogP contribution in [0.3, 0.4) is 0 Å². The molecule has 1 atom stereocenters. The van der Waals surface area contributed by atoms with Crippen molar-refractivity contribution in [3.63, 3.8) is 0 Å². The maximum absolute atomic E-state index is 3.97. The number of hydrogen-bond donors (Lipinski definition) is 0. The summed E-state index contributed by atoms with van der Waals surface area (Å²) in [7, 11) is 0. The highest BCUT2D eigenvalue weighted by Gasteiger charge is 2.50. The zero-order valence-electron chi connectivity index (χ0n) is 12.1. The maximum Gasteiger partial charge on any atom is 0.0491 e. The van der Waals surface area contributed by atoms with E-state index >= 15 is 0 Å². The van der Waals surface area contributed by atoms with Crippen molar-refractivity contribution in [3.8, 4) is 0 Å². The van der Waals surface area contributed by atoms with E-state index in [2.05, 4.69) is 84.4 Å². The Hall–Kier alpha value is -1.08. The lowest BCUT2D eigenvalue weighted by atomic mass is 9.88. The summed E-state index contributed by atoms with van der Waals surface area (Å²) in [5.41, 5.74) is 4.59. The van der Waals surface area contributed by atoms with Gasteiger partial charge in [-0.1, -0.05) is 84.4 Å². The molecule has 0 heterocycles. The van der Waals surface area contributed by atoms with E-state index < -0.39 is 0 Å². The van der Waals surface area contributed by atoms with E-state index in [9.17, 15) is 0 Å². The first-order valence-electron chi connectivity index (χ1n) is 7.43. The normalized spacial score (nSPS) is 18.0. The molecule has 1 aliphatic rings. The Morgan fingerprint density at radius 2 is 1.40 bits per heavy atom. The van der Waals surface area contributed by atoms with Gasteiger partial charge in [0.2, 0.25) is 0 Å². The van der Waals surface area contributed by atoms with E-state index in [0.29, 0.717) is 16.2 Å². The molecule has 1 heteroatoms. The summed E-state index contributed by atoms with van der Waals surface area (Å²) in [4.78, 5) is 0.415. The minimum absolute atomic E-state index is 0.306. The Balaban J connectivity index is 1.87. The molecule has 1 unspecified atom stereocenters. The molecule has 0 spiro atoms. The topological polar surface area (TPSA) is 0 Å². The smallest absolute Gasteiger partial charge is 0.0491 e. The molecule has 0 amide bonds. The fourth-order valence-electron chi connectivity index (χ4n) is 2.96. The standard InChI is InChI=1S/C19H21Br/c1-14(2)15-8-10-16(11-9-15)18(20)19(12-13-19)17-6-4-3-5-7-17/h3-11,14,18H,12-13H2,1-2H3. The first-order valence-corrected chi connectivity index (χ1v) is 8.34. The average Bonchev–Trinajstić information content (AvgIpc) is 3.29. The van der Waals surface area contributed by atoms with Crippen molar-refractivity contribution in [3.05, 3.63) is 71.3 Å². The maximum atomic E-state index is 3.97. The molecule has 3 rings (SSSR count). The molecular weight excluding hydrogens is 308 g/mol. The summed E-state index contributed by atoms with van der Waals surface area (Å²) in [5.74, 6) is 0.599. The van der Waals surface area contributed by atoms with Crippen LogP contribution in [-0.4, -0.2) is 0 Å². The Morgan fingerprint density at radius 3 is 1.90 bits per heavy atom. The molecule has 2 aromatic rings. The predicted molar refractivity (Wildman–Crippen MR) is 89.6 cm³/mol. The van der Waals surface area contributed by atoms with Gasteiger partial charge in [0.15, 0.2) is 0 Å². The third-order valence-corrected chi connectivity index (χ3v) is 5.92. The number of alkyl halides is 1. The molecule has 0 saturated heterocycles. The number of rotatable bonds is 4. The third kappa shape index (κ3) is 2.44. The second kappa shape index (κ2) is 5.37. The summed E-state index contributed by atoms with van der Waals surface area (Å²) in [5, 5.41) is 0. The number of benzene rings is 2. The van der Waals surface area contributed by atoms with Gasteiger partial charge < -0.3 is 0 Å². The largest absolute Gasteiger partial charge is 0.0829 e. The zero-order valence-corrected chi connectivity index (χ0v) is 13.7. The van der Waals surface area contributed by atoms with Gasteiger partial charge in [0.05, 0.1) is 0 Å². The Kier molecular flexibility index (Phi) is 3.72. The van der Waals surface area contributed by atoms with Gasteiger partial charge in [-0.05, 0) is 35.4 Å². The lowest BCUT2D eigenvalue weighted by Gasteiger charge is -2.23. The molecule has 2 aromatic carbocycles. The van der Waals surface area contributed by atoms with Gasteiger partial charge in [0, 0.05) is 10.2 Å². The molecule has 104 valence electrons. The van der Waals surface area contributed by atoms with Gasteiger partial charge in [-0.15, -0.1) is 0 Å². The number of halogens is 1. The van der Waals surface area contributed by atoms with Crippen LogP contribution < -0.4 is 0 Å². The van der Waals surface area contributed by atoms with Gasteiger partial charge in [0.1, 0.15) is 0 Å². The van der Waals surface area contributed by atoms with Gasteiger partial charge in [-0.25, -0.2) is 0 Å². The van der Waals surface area contributed by atoms with E-state index in [1.807, 2.05) is 0 Å². The molecule has 0 radical (unpaired) electrons. The molecule has 1 fully saturated rings. The van der Waals surface area contributed by atoms with Gasteiger partial charge in [-0.2, -0.15) is 0 Å². The van der Waals surface area contributed by atoms with Crippen LogP contribution >= 0.6 is 15.9 Å². The number of hydrogen-bond acceptors (Lipinski definition) is 0. The highest BCUT2D eigenvalue weighted by Crippen LogP contribution is 2.59. The van der Waals surface area contributed by atoms with Crippen LogP contribution in [0.2, 0.25) is 0 Å². The lowest BCUT2D eigenvalue weighted by Crippen LogP contribution is -2.13. The molecule has 1 aliphatic carbocycles. The lowest BCUT2D eigenvalue weighted by molar-refractivity contribution is 0.680. The second-order valence-corrected chi connectivity index (χ2v) is 7.12. The minimum Gasteiger partial charge on any atom is -0.0829 e. The van der Waals surface area contributed by atoms with Crippen molar-refractivity contribution < 1.29 is 0 Å². The van der Waals surface area contributed by atoms with Gasteiger partial charge >= 0.3 is 0 Å². The zero-order chi connectivity index (χ0) is 14.2. The van der Waals surface area contributed by atoms with Crippen molar-refractivity contribution >= 4 is 15.9 Å². The van der Waals surface area contributed by atoms with Crippen LogP contribution in [0.25, 0.3) is 0 Å². The third-order valence-electron chi connectivity index (χ3n) is 4.52. The molecule has 0 aromatic heterocycles. The van der Waals surface area contributed by atoms with Crippen molar-refractivity contribution in [2.75, 3.05) is 0 Å². The summed E-state index contributed by atoms with van der Waals surface area (Å²) in [6, 6.07) is 20.1. The van der Waals surface area contributed by atoms with Crippen molar-refractivity contribution in [2.45, 2.75) is 42.8 Å². The monoisotopic (exact) mass is 328 g/mol. The molecule has 1 saturated carbocycles. The highest BCUT2D eigenvalue weighted by molar-refractivity contribution is 9.09. The van der Waals surface area contributed by atoms with Crippen LogP contribution in [-0.2, 0) is 5.41 Å². The average molecular weight is 329 g/mol. The van der Waals surface area contributed by atoms with E-state index in [-0.39, 0.29) is 0 Å². The van der Waals surface area contributed by atoms with Crippen molar-refractivity contribution in [1.82, 2.24) is 0 Å². The van der Waals surface area contributed by atoms with E-state index in [4.69, 9.17) is 0 Å². The summed E-state index contributed by atoms with van der Waals surface area (Å²) < 4.78 is 0. The minimum atomic E-state index is 0.306. The summed E-state index contributed by atoms with van der Waals surface area (Å²) in [6.45, 7) is 4.49. The fraction of sp³-hybridized carbons (Fsp3) is 0.368. The van der Waals surface area contributed by atoms with Crippen LogP contribution in [0.5, 0.6) is 0 Å². The molecular formula is C19H21Br. The summed E-state index contributed by atoms with van der Waals surface area (Å²) >= 11 is 3.97. The Morgan fingerprint density at radius 1 is 0.850 bits per heavy atom. The van der Waals surface area contributed by atoms with Gasteiger partial charge in [-0.3, -0.25) is 0 Å². The Labute approximate surface area is 130 Å². The molecule has 0 aliphatic heterocycles. The highest BCUT2D eigenvalue weighted by atomic mass is 79.9. The van der Waals surface area contributed by atoms with E-state index in [0.717, 1.165) is 0 Å². The quantitative estimate of drug-likeness (QED) is 0.606. The fourth-order valence-corrected chi connectivity index (χ4v) is 3.99. The van der Waals surface area contributed by atoms with Crippen molar-refractivity contribution in [2.24, 2.45) is 0 Å². The molecule has 0 N–H and O–H groups in total. The van der Waals surface area contributed by atoms with Crippen molar-refractivity contribution in [1.29, 1.82) is 0 Å². The second-order valence-electron chi connectivity index (χ2n) is 6.21. The molecule has 20 heavy (non-hydrogen) atoms. The van der Waals surface area contributed by atoms with E-state index in [1.54, 1.807) is 0 Å². The Bertz CT molecular complexity index is 564. The van der Waals surface area contributed by atoms with Crippen LogP contribution in [0.15, 0.2) is 54.6 Å². The van der Waals surface area contributed by atoms with Crippen LogP contribution in [0.4, 0.5) is 0 Å². The van der Waals surface area contributed by atoms with Gasteiger partial charge in [0.25, 0.3) is 0 Å². The van der Waals surface area contributed by atoms with Crippen LogP contribution in [0, 0.1) is 0 Å². The summed E-state index contributed by atoms with van der Waals surface area (Å²) in [6.07, 6.45) is 2.55. The predicted octanol–water partition coefficient (Wildman–Crippen LogP) is 5.98. The SMILES string of the molecule is CC(C)c1ccc(C(Br)C2(c3ccccc3)CC2)cc1. The molecule has 0 nitrogen and oxygen atoms in total. The first-order chi connectivity index (χ1) is 9.63.